The number of phosphoric ester groups is 1. The van der Waals surface area contributed by atoms with Gasteiger partial charge in [-0.25, -0.2) is 0 Å². The Kier molecular flexibility index (Phi) is 9.75. The molecule has 0 aliphatic rings. The second-order valence-electron chi connectivity index (χ2n) is 5.65. The molecule has 0 radical (unpaired) electrons. The van der Waals surface area contributed by atoms with Crippen LogP contribution in [0.5, 0.6) is 0 Å². The quantitative estimate of drug-likeness (QED) is 0.166. The van der Waals surface area contributed by atoms with Crippen molar-refractivity contribution >= 4 is 13.8 Å². The summed E-state index contributed by atoms with van der Waals surface area (Å²) in [5.41, 5.74) is 0. The lowest BCUT2D eigenvalue weighted by atomic mass is 10.4. The molecule has 0 aromatic rings. The van der Waals surface area contributed by atoms with Crippen molar-refractivity contribution in [3.05, 3.63) is 12.7 Å². The highest BCUT2D eigenvalue weighted by Crippen LogP contribution is 2.38. The number of rotatable bonds is 12. The van der Waals surface area contributed by atoms with Crippen LogP contribution in [0.25, 0.3) is 0 Å². The molecule has 130 valence electrons. The largest absolute Gasteiger partial charge is 0.756 e. The minimum Gasteiger partial charge on any atom is -0.756 e. The van der Waals surface area contributed by atoms with Gasteiger partial charge in [-0.05, 0) is 0 Å². The molecule has 0 bridgehead atoms. The number of carbonyl (C=O) groups excluding carboxylic acids is 1. The third-order valence-electron chi connectivity index (χ3n) is 2.30. The van der Waals surface area contributed by atoms with Gasteiger partial charge in [0.2, 0.25) is 0 Å². The average molecular weight is 339 g/mol. The third-order valence-corrected chi connectivity index (χ3v) is 3.27. The third kappa shape index (κ3) is 12.9. The van der Waals surface area contributed by atoms with Gasteiger partial charge in [0, 0.05) is 6.92 Å². The fraction of sp³-hybridized carbons (Fsp3) is 0.769. The average Bonchev–Trinajstić information content (AvgIpc) is 2.33. The molecular formula is C13H26NO7P. The summed E-state index contributed by atoms with van der Waals surface area (Å²) in [5.74, 6) is -0.553. The zero-order chi connectivity index (χ0) is 17.2. The highest BCUT2D eigenvalue weighted by Gasteiger charge is 2.18. The minimum atomic E-state index is -4.44. The van der Waals surface area contributed by atoms with Crippen LogP contribution in [0, 0.1) is 0 Å². The number of phosphoric acid groups is 1. The summed E-state index contributed by atoms with van der Waals surface area (Å²) in [5, 5.41) is 0. The normalized spacial score (nSPS) is 15.9. The highest BCUT2D eigenvalue weighted by atomic mass is 31.2. The maximum absolute atomic E-state index is 11.6. The Labute approximate surface area is 131 Å². The van der Waals surface area contributed by atoms with E-state index in [-0.39, 0.29) is 26.4 Å². The molecule has 0 amide bonds. The van der Waals surface area contributed by atoms with Gasteiger partial charge >= 0.3 is 5.97 Å². The van der Waals surface area contributed by atoms with E-state index >= 15 is 0 Å². The van der Waals surface area contributed by atoms with Crippen LogP contribution in [0.4, 0.5) is 0 Å². The van der Waals surface area contributed by atoms with Crippen LogP contribution in [-0.2, 0) is 27.9 Å². The molecule has 0 saturated carbocycles. The second-order valence-corrected chi connectivity index (χ2v) is 7.06. The van der Waals surface area contributed by atoms with Crippen LogP contribution >= 0.6 is 7.82 Å². The number of likely N-dealkylation sites (N-methyl/N-ethyl adjacent to an activating group) is 1. The van der Waals surface area contributed by atoms with E-state index < -0.39 is 19.9 Å². The van der Waals surface area contributed by atoms with E-state index in [1.807, 2.05) is 21.1 Å². The van der Waals surface area contributed by atoms with E-state index in [0.29, 0.717) is 11.0 Å². The van der Waals surface area contributed by atoms with Crippen LogP contribution in [0.2, 0.25) is 0 Å². The Morgan fingerprint density at radius 1 is 1.32 bits per heavy atom. The standard InChI is InChI=1S/C13H26NO7P/c1-6-8-18-10-13(21-12(2)15)11-20-22(16,17)19-9-7-14(3,4)5/h6,13H,1,7-11H2,2-5H3/t13-/m1/s1. The van der Waals surface area contributed by atoms with Crippen LogP contribution in [0.15, 0.2) is 12.7 Å². The van der Waals surface area contributed by atoms with Crippen molar-refractivity contribution < 1.29 is 37.3 Å². The van der Waals surface area contributed by atoms with Crippen molar-refractivity contribution in [1.82, 2.24) is 0 Å². The highest BCUT2D eigenvalue weighted by molar-refractivity contribution is 7.45. The van der Waals surface area contributed by atoms with E-state index in [1.54, 1.807) is 0 Å². The lowest BCUT2D eigenvalue weighted by molar-refractivity contribution is -0.870. The van der Waals surface area contributed by atoms with Gasteiger partial charge in [-0.3, -0.25) is 9.36 Å². The van der Waals surface area contributed by atoms with Crippen molar-refractivity contribution in [1.29, 1.82) is 0 Å². The molecule has 0 aromatic heterocycles. The molecule has 9 heteroatoms. The van der Waals surface area contributed by atoms with E-state index in [4.69, 9.17) is 18.5 Å². The number of hydrogen-bond donors (Lipinski definition) is 0. The van der Waals surface area contributed by atoms with E-state index in [9.17, 15) is 14.3 Å². The molecular weight excluding hydrogens is 313 g/mol. The summed E-state index contributed by atoms with van der Waals surface area (Å²) >= 11 is 0. The topological polar surface area (TPSA) is 94.1 Å². The second kappa shape index (κ2) is 10.1. The lowest BCUT2D eigenvalue weighted by Crippen LogP contribution is -2.37. The Hall–Kier alpha value is -0.760. The zero-order valence-electron chi connectivity index (χ0n) is 13.6. The summed E-state index contributed by atoms with van der Waals surface area (Å²) in [6, 6.07) is 0. The van der Waals surface area contributed by atoms with Gasteiger partial charge in [-0.2, -0.15) is 0 Å². The minimum absolute atomic E-state index is 0.00444. The van der Waals surface area contributed by atoms with Gasteiger partial charge in [-0.1, -0.05) is 6.08 Å². The zero-order valence-corrected chi connectivity index (χ0v) is 14.5. The van der Waals surface area contributed by atoms with Crippen LogP contribution in [0.1, 0.15) is 6.92 Å². The first kappa shape index (κ1) is 21.2. The number of carbonyl (C=O) groups is 1. The number of esters is 1. The molecule has 22 heavy (non-hydrogen) atoms. The molecule has 0 spiro atoms. The smallest absolute Gasteiger partial charge is 0.303 e. The summed E-state index contributed by atoms with van der Waals surface area (Å²) < 4.78 is 31.7. The monoisotopic (exact) mass is 339 g/mol. The van der Waals surface area contributed by atoms with Crippen LogP contribution in [-0.4, -0.2) is 70.7 Å². The maximum atomic E-state index is 11.6. The Balaban J connectivity index is 4.26. The van der Waals surface area contributed by atoms with Gasteiger partial charge < -0.3 is 27.9 Å². The fourth-order valence-corrected chi connectivity index (χ4v) is 2.00. The summed E-state index contributed by atoms with van der Waals surface area (Å²) in [4.78, 5) is 22.6. The molecule has 0 fully saturated rings. The predicted molar refractivity (Wildman–Crippen MR) is 79.0 cm³/mol. The van der Waals surface area contributed by atoms with Gasteiger partial charge in [-0.15, -0.1) is 6.58 Å². The van der Waals surface area contributed by atoms with Gasteiger partial charge in [0.25, 0.3) is 7.82 Å². The first-order valence-electron chi connectivity index (χ1n) is 6.82. The predicted octanol–water partition coefficient (Wildman–Crippen LogP) is 0.329. The SMILES string of the molecule is C=CCOC[C@H](COP(=O)([O-])OCC[N+](C)(C)C)OC(C)=O. The first-order chi connectivity index (χ1) is 10.1. The number of nitrogens with zero attached hydrogens (tertiary/aromatic N) is 1. The summed E-state index contributed by atoms with van der Waals surface area (Å²) in [6.07, 6.45) is 0.694. The maximum Gasteiger partial charge on any atom is 0.303 e. The Morgan fingerprint density at radius 2 is 1.95 bits per heavy atom. The van der Waals surface area contributed by atoms with Crippen LogP contribution < -0.4 is 4.89 Å². The molecule has 0 aliphatic heterocycles. The lowest BCUT2D eigenvalue weighted by Gasteiger charge is -2.28. The fourth-order valence-electron chi connectivity index (χ4n) is 1.27. The van der Waals surface area contributed by atoms with Gasteiger partial charge in [0.1, 0.15) is 19.3 Å². The van der Waals surface area contributed by atoms with Gasteiger partial charge in [0.05, 0.1) is 41.0 Å². The molecule has 0 N–H and O–H groups in total. The first-order valence-corrected chi connectivity index (χ1v) is 8.28. The molecule has 2 atom stereocenters. The molecule has 0 aliphatic carbocycles. The van der Waals surface area contributed by atoms with Crippen molar-refractivity contribution in [2.75, 3.05) is 54.1 Å². The van der Waals surface area contributed by atoms with Crippen molar-refractivity contribution in [2.24, 2.45) is 0 Å². The Morgan fingerprint density at radius 3 is 2.45 bits per heavy atom. The Bertz CT molecular complexity index is 394. The van der Waals surface area contributed by atoms with Crippen molar-refractivity contribution in [3.63, 3.8) is 0 Å². The molecule has 0 rings (SSSR count). The van der Waals surface area contributed by atoms with Crippen molar-refractivity contribution in [2.45, 2.75) is 13.0 Å². The molecule has 8 nitrogen and oxygen atoms in total. The summed E-state index contributed by atoms with van der Waals surface area (Å²) in [7, 11) is 1.29. The molecule has 1 unspecified atom stereocenters. The van der Waals surface area contributed by atoms with E-state index in [2.05, 4.69) is 6.58 Å². The molecule has 0 heterocycles. The van der Waals surface area contributed by atoms with E-state index in [0.717, 1.165) is 0 Å². The van der Waals surface area contributed by atoms with Crippen LogP contribution in [0.3, 0.4) is 0 Å². The number of quaternary nitrogens is 1. The van der Waals surface area contributed by atoms with Gasteiger partial charge in [0.15, 0.2) is 0 Å². The number of hydrogen-bond acceptors (Lipinski definition) is 7. The number of ether oxygens (including phenoxy) is 2. The summed E-state index contributed by atoms with van der Waals surface area (Å²) in [6.45, 7) is 5.11. The molecule has 0 aromatic carbocycles. The van der Waals surface area contributed by atoms with E-state index in [1.165, 1.54) is 13.0 Å². The van der Waals surface area contributed by atoms with Crippen molar-refractivity contribution in [3.8, 4) is 0 Å². The molecule has 0 saturated heterocycles.